The first-order chi connectivity index (χ1) is 12.0. The summed E-state index contributed by atoms with van der Waals surface area (Å²) in [6.45, 7) is 1.05. The molecule has 0 bridgehead atoms. The van der Waals surface area contributed by atoms with Gasteiger partial charge in [-0.05, 0) is 6.07 Å². The summed E-state index contributed by atoms with van der Waals surface area (Å²) in [5.74, 6) is 0.885. The van der Waals surface area contributed by atoms with Crippen molar-refractivity contribution in [2.75, 3.05) is 13.2 Å². The maximum absolute atomic E-state index is 12.5. The first kappa shape index (κ1) is 17.4. The van der Waals surface area contributed by atoms with Crippen molar-refractivity contribution in [2.24, 2.45) is 0 Å². The van der Waals surface area contributed by atoms with Gasteiger partial charge >= 0.3 is 6.36 Å². The van der Waals surface area contributed by atoms with Crippen LogP contribution in [0.15, 0.2) is 29.6 Å². The Labute approximate surface area is 145 Å². The molecule has 9 heteroatoms. The Bertz CT molecular complexity index is 747. The van der Waals surface area contributed by atoms with Crippen molar-refractivity contribution in [3.05, 3.63) is 40.1 Å². The van der Waals surface area contributed by atoms with Crippen molar-refractivity contribution in [1.29, 1.82) is 0 Å². The van der Waals surface area contributed by atoms with Crippen molar-refractivity contribution >= 4 is 17.7 Å². The number of ether oxygens (including phenoxy) is 3. The molecule has 1 amide bonds. The van der Waals surface area contributed by atoms with Gasteiger partial charge in [0.25, 0.3) is 0 Å². The summed E-state index contributed by atoms with van der Waals surface area (Å²) in [4.78, 5) is 13.5. The van der Waals surface area contributed by atoms with E-state index in [0.717, 1.165) is 4.88 Å². The second kappa shape index (κ2) is 7.22. The van der Waals surface area contributed by atoms with Gasteiger partial charge < -0.3 is 19.1 Å². The Morgan fingerprint density at radius 1 is 1.20 bits per heavy atom. The smallest absolute Gasteiger partial charge is 0.485 e. The average Bonchev–Trinajstić information content (AvgIpc) is 2.98. The van der Waals surface area contributed by atoms with Gasteiger partial charge in [0.1, 0.15) is 19.0 Å². The van der Waals surface area contributed by atoms with Crippen LogP contribution in [0.25, 0.3) is 0 Å². The quantitative estimate of drug-likeness (QED) is 0.727. The number of nitrogens with zero attached hydrogens (tertiary/aromatic N) is 1. The van der Waals surface area contributed by atoms with Crippen LogP contribution >= 0.6 is 11.3 Å². The lowest BCUT2D eigenvalue weighted by Gasteiger charge is -2.21. The molecule has 0 unspecified atom stereocenters. The molecule has 0 fully saturated rings. The molecule has 0 saturated heterocycles. The second-order valence-corrected chi connectivity index (χ2v) is 6.18. The Balaban J connectivity index is 1.75. The standard InChI is InChI=1S/C16H14F3NO4S/c17-16(18,19)24-12-4-2-1-3-11(12)7-20(10-21)8-14-15-13(9-25-14)22-5-6-23-15/h1-4,9-10H,5-8H2. The normalized spacial score (nSPS) is 13.4. The van der Waals surface area contributed by atoms with Crippen molar-refractivity contribution in [3.63, 3.8) is 0 Å². The fourth-order valence-corrected chi connectivity index (χ4v) is 3.35. The fourth-order valence-electron chi connectivity index (χ4n) is 2.42. The molecule has 134 valence electrons. The Hall–Kier alpha value is -2.42. The van der Waals surface area contributed by atoms with Crippen molar-refractivity contribution in [3.8, 4) is 17.2 Å². The highest BCUT2D eigenvalue weighted by molar-refractivity contribution is 7.10. The number of carbonyl (C=O) groups is 1. The van der Waals surface area contributed by atoms with Crippen molar-refractivity contribution < 1.29 is 32.2 Å². The third-order valence-electron chi connectivity index (χ3n) is 3.44. The van der Waals surface area contributed by atoms with E-state index in [2.05, 4.69) is 4.74 Å². The van der Waals surface area contributed by atoms with Crippen LogP contribution in [0, 0.1) is 0 Å². The number of benzene rings is 1. The van der Waals surface area contributed by atoms with Gasteiger partial charge in [-0.3, -0.25) is 4.79 Å². The molecule has 0 atom stereocenters. The number of thiophene rings is 1. The van der Waals surface area contributed by atoms with Crippen LogP contribution in [-0.4, -0.2) is 30.9 Å². The fraction of sp³-hybridized carbons (Fsp3) is 0.312. The van der Waals surface area contributed by atoms with Crippen LogP contribution in [0.2, 0.25) is 0 Å². The highest BCUT2D eigenvalue weighted by atomic mass is 32.1. The number of alkyl halides is 3. The van der Waals surface area contributed by atoms with Gasteiger partial charge in [-0.1, -0.05) is 18.2 Å². The summed E-state index contributed by atoms with van der Waals surface area (Å²) in [5, 5.41) is 1.79. The van der Waals surface area contributed by atoms with E-state index in [1.165, 1.54) is 34.4 Å². The van der Waals surface area contributed by atoms with E-state index in [-0.39, 0.29) is 24.4 Å². The van der Waals surface area contributed by atoms with Crippen LogP contribution in [0.1, 0.15) is 10.4 Å². The molecule has 0 spiro atoms. The number of fused-ring (bicyclic) bond motifs is 1. The van der Waals surface area contributed by atoms with Gasteiger partial charge in [0, 0.05) is 17.5 Å². The van der Waals surface area contributed by atoms with E-state index in [1.807, 2.05) is 0 Å². The monoisotopic (exact) mass is 373 g/mol. The number of carbonyl (C=O) groups excluding carboxylic acids is 1. The molecule has 1 aromatic carbocycles. The average molecular weight is 373 g/mol. The molecule has 0 aliphatic carbocycles. The summed E-state index contributed by atoms with van der Waals surface area (Å²) in [7, 11) is 0. The molecular weight excluding hydrogens is 359 g/mol. The third-order valence-corrected chi connectivity index (χ3v) is 4.37. The Morgan fingerprint density at radius 2 is 1.96 bits per heavy atom. The maximum Gasteiger partial charge on any atom is 0.573 e. The van der Waals surface area contributed by atoms with Crippen molar-refractivity contribution in [1.82, 2.24) is 4.90 Å². The first-order valence-corrected chi connectivity index (χ1v) is 8.23. The van der Waals surface area contributed by atoms with E-state index in [4.69, 9.17) is 9.47 Å². The lowest BCUT2D eigenvalue weighted by molar-refractivity contribution is -0.275. The van der Waals surface area contributed by atoms with Crippen LogP contribution in [0.4, 0.5) is 13.2 Å². The van der Waals surface area contributed by atoms with E-state index in [0.29, 0.717) is 31.1 Å². The highest BCUT2D eigenvalue weighted by Gasteiger charge is 2.32. The molecule has 0 N–H and O–H groups in total. The topological polar surface area (TPSA) is 48.0 Å². The first-order valence-electron chi connectivity index (χ1n) is 7.35. The van der Waals surface area contributed by atoms with Crippen LogP contribution in [-0.2, 0) is 17.9 Å². The lowest BCUT2D eigenvalue weighted by Crippen LogP contribution is -2.23. The van der Waals surface area contributed by atoms with Gasteiger partial charge in [-0.15, -0.1) is 24.5 Å². The van der Waals surface area contributed by atoms with Crippen LogP contribution < -0.4 is 14.2 Å². The highest BCUT2D eigenvalue weighted by Crippen LogP contribution is 2.40. The number of para-hydroxylation sites is 1. The van der Waals surface area contributed by atoms with Gasteiger partial charge in [0.15, 0.2) is 11.5 Å². The molecule has 3 rings (SSSR count). The molecule has 1 aromatic heterocycles. The molecule has 1 aliphatic rings. The zero-order valence-electron chi connectivity index (χ0n) is 12.9. The predicted octanol–water partition coefficient (Wildman–Crippen LogP) is 3.58. The number of halogens is 3. The Morgan fingerprint density at radius 3 is 2.72 bits per heavy atom. The summed E-state index contributed by atoms with van der Waals surface area (Å²) in [5.41, 5.74) is 0.259. The SMILES string of the molecule is O=CN(Cc1ccccc1OC(F)(F)F)Cc1scc2c1OCCO2. The van der Waals surface area contributed by atoms with E-state index < -0.39 is 6.36 Å². The van der Waals surface area contributed by atoms with Gasteiger partial charge in [0.2, 0.25) is 6.41 Å². The summed E-state index contributed by atoms with van der Waals surface area (Å²) >= 11 is 1.37. The number of rotatable bonds is 6. The van der Waals surface area contributed by atoms with Gasteiger partial charge in [-0.25, -0.2) is 0 Å². The van der Waals surface area contributed by atoms with Crippen molar-refractivity contribution in [2.45, 2.75) is 19.5 Å². The molecule has 25 heavy (non-hydrogen) atoms. The Kier molecular flexibility index (Phi) is 5.03. The molecule has 2 heterocycles. The zero-order valence-corrected chi connectivity index (χ0v) is 13.7. The molecule has 2 aromatic rings. The molecular formula is C16H14F3NO4S. The molecule has 5 nitrogen and oxygen atoms in total. The maximum atomic E-state index is 12.5. The summed E-state index contributed by atoms with van der Waals surface area (Å²) in [6, 6.07) is 5.74. The summed E-state index contributed by atoms with van der Waals surface area (Å²) in [6.07, 6.45) is -4.21. The second-order valence-electron chi connectivity index (χ2n) is 5.22. The number of hydrogen-bond donors (Lipinski definition) is 0. The molecule has 0 radical (unpaired) electrons. The minimum atomic E-state index is -4.79. The minimum Gasteiger partial charge on any atom is -0.485 e. The largest absolute Gasteiger partial charge is 0.573 e. The molecule has 1 aliphatic heterocycles. The number of amides is 1. The van der Waals surface area contributed by atoms with Gasteiger partial charge in [-0.2, -0.15) is 0 Å². The van der Waals surface area contributed by atoms with E-state index >= 15 is 0 Å². The number of hydrogen-bond acceptors (Lipinski definition) is 5. The molecule has 0 saturated carbocycles. The lowest BCUT2D eigenvalue weighted by atomic mass is 10.2. The predicted molar refractivity (Wildman–Crippen MR) is 83.7 cm³/mol. The third kappa shape index (κ3) is 4.36. The van der Waals surface area contributed by atoms with Crippen LogP contribution in [0.3, 0.4) is 0 Å². The zero-order chi connectivity index (χ0) is 17.9. The minimum absolute atomic E-state index is 0.0245. The van der Waals surface area contributed by atoms with Crippen LogP contribution in [0.5, 0.6) is 17.2 Å². The van der Waals surface area contributed by atoms with E-state index in [9.17, 15) is 18.0 Å². The summed E-state index contributed by atoms with van der Waals surface area (Å²) < 4.78 is 52.5. The van der Waals surface area contributed by atoms with Gasteiger partial charge in [0.05, 0.1) is 11.4 Å². The van der Waals surface area contributed by atoms with E-state index in [1.54, 1.807) is 11.4 Å².